The van der Waals surface area contributed by atoms with Crippen molar-refractivity contribution in [1.29, 1.82) is 0 Å². The van der Waals surface area contributed by atoms with E-state index in [1.54, 1.807) is 0 Å². The monoisotopic (exact) mass is 208 g/mol. The highest BCUT2D eigenvalue weighted by molar-refractivity contribution is 5.28. The molecule has 0 bridgehead atoms. The minimum Gasteiger partial charge on any atom is -0.473 e. The van der Waals surface area contributed by atoms with Gasteiger partial charge in [-0.15, -0.1) is 0 Å². The highest BCUT2D eigenvalue weighted by Gasteiger charge is 2.32. The predicted molar refractivity (Wildman–Crippen MR) is 65.3 cm³/mol. The molecule has 0 fully saturated rings. The lowest BCUT2D eigenvalue weighted by Gasteiger charge is -2.36. The van der Waals surface area contributed by atoms with Gasteiger partial charge in [-0.1, -0.05) is 48.5 Å². The third kappa shape index (κ3) is 2.64. The van der Waals surface area contributed by atoms with Crippen LogP contribution in [0.1, 0.15) is 48.5 Å². The molecule has 0 aromatic heterocycles. The highest BCUT2D eigenvalue weighted by Crippen LogP contribution is 2.43. The summed E-state index contributed by atoms with van der Waals surface area (Å²) in [6.45, 7) is 15.7. The van der Waals surface area contributed by atoms with Crippen molar-refractivity contribution in [1.82, 2.24) is 0 Å². The first kappa shape index (κ1) is 12.4. The molecule has 0 amide bonds. The third-order valence-corrected chi connectivity index (χ3v) is 3.06. The van der Waals surface area contributed by atoms with Crippen molar-refractivity contribution in [3.63, 3.8) is 0 Å². The summed E-state index contributed by atoms with van der Waals surface area (Å²) in [7, 11) is 0. The maximum absolute atomic E-state index is 5.49. The number of allylic oxidation sites excluding steroid dienone is 2. The van der Waals surface area contributed by atoms with Gasteiger partial charge in [0.1, 0.15) is 0 Å². The molecule has 1 heterocycles. The first-order valence-electron chi connectivity index (χ1n) is 5.70. The van der Waals surface area contributed by atoms with E-state index in [1.807, 2.05) is 12.5 Å². The van der Waals surface area contributed by atoms with Gasteiger partial charge in [0.2, 0.25) is 0 Å². The van der Waals surface area contributed by atoms with Crippen molar-refractivity contribution in [2.75, 3.05) is 0 Å². The van der Waals surface area contributed by atoms with Gasteiger partial charge in [0.05, 0.1) is 12.5 Å². The van der Waals surface area contributed by atoms with E-state index in [9.17, 15) is 0 Å². The van der Waals surface area contributed by atoms with Crippen molar-refractivity contribution in [2.24, 2.45) is 16.7 Å². The molecule has 0 spiro atoms. The number of hydrogen-bond donors (Lipinski definition) is 0. The summed E-state index contributed by atoms with van der Waals surface area (Å²) in [6.07, 6.45) is 3.83. The van der Waals surface area contributed by atoms with Gasteiger partial charge in [0, 0.05) is 5.92 Å². The van der Waals surface area contributed by atoms with E-state index in [0.29, 0.717) is 5.92 Å². The topological polar surface area (TPSA) is 9.23 Å². The van der Waals surface area contributed by atoms with Gasteiger partial charge in [-0.3, -0.25) is 0 Å². The Labute approximate surface area is 94.2 Å². The molecule has 0 aromatic rings. The molecule has 0 aliphatic carbocycles. The zero-order valence-electron chi connectivity index (χ0n) is 11.1. The standard InChI is InChI=1S/C14H24O/c1-10-11(13(2,3)4)8-15-9-12(10)14(5,6)7/h8-10H,1-7H3. The summed E-state index contributed by atoms with van der Waals surface area (Å²) >= 11 is 0. The number of ether oxygens (including phenoxy) is 1. The number of hydrogen-bond acceptors (Lipinski definition) is 1. The molecule has 86 valence electrons. The van der Waals surface area contributed by atoms with Crippen LogP contribution in [0.4, 0.5) is 0 Å². The normalized spacial score (nSPS) is 19.4. The third-order valence-electron chi connectivity index (χ3n) is 3.06. The van der Waals surface area contributed by atoms with Crippen molar-refractivity contribution in [3.05, 3.63) is 23.7 Å². The smallest absolute Gasteiger partial charge is 0.0904 e. The van der Waals surface area contributed by atoms with Gasteiger partial charge < -0.3 is 4.74 Å². The van der Waals surface area contributed by atoms with E-state index in [0.717, 1.165) is 0 Å². The predicted octanol–water partition coefficient (Wildman–Crippen LogP) is 4.51. The molecule has 15 heavy (non-hydrogen) atoms. The largest absolute Gasteiger partial charge is 0.473 e. The Kier molecular flexibility index (Phi) is 3.04. The van der Waals surface area contributed by atoms with Crippen LogP contribution in [0.5, 0.6) is 0 Å². The maximum Gasteiger partial charge on any atom is 0.0904 e. The van der Waals surface area contributed by atoms with Crippen LogP contribution in [-0.2, 0) is 4.74 Å². The van der Waals surface area contributed by atoms with E-state index in [2.05, 4.69) is 48.5 Å². The van der Waals surface area contributed by atoms with Crippen molar-refractivity contribution in [2.45, 2.75) is 48.5 Å². The average Bonchev–Trinajstić information content (AvgIpc) is 1.99. The molecule has 0 aromatic carbocycles. The van der Waals surface area contributed by atoms with Gasteiger partial charge in [-0.25, -0.2) is 0 Å². The lowest BCUT2D eigenvalue weighted by atomic mass is 9.70. The molecule has 1 aliphatic heterocycles. The molecule has 0 saturated carbocycles. The summed E-state index contributed by atoms with van der Waals surface area (Å²) in [5, 5.41) is 0. The van der Waals surface area contributed by atoms with Crippen LogP contribution in [-0.4, -0.2) is 0 Å². The van der Waals surface area contributed by atoms with E-state index >= 15 is 0 Å². The Balaban J connectivity index is 2.99. The number of rotatable bonds is 0. The molecule has 0 N–H and O–H groups in total. The van der Waals surface area contributed by atoms with E-state index < -0.39 is 0 Å². The highest BCUT2D eigenvalue weighted by atomic mass is 16.5. The van der Waals surface area contributed by atoms with Crippen LogP contribution < -0.4 is 0 Å². The maximum atomic E-state index is 5.49. The van der Waals surface area contributed by atoms with Gasteiger partial charge in [0.25, 0.3) is 0 Å². The lowest BCUT2D eigenvalue weighted by Crippen LogP contribution is -2.26. The molecule has 0 unspecified atom stereocenters. The quantitative estimate of drug-likeness (QED) is 0.569. The second-order valence-electron chi connectivity index (χ2n) is 6.50. The Bertz CT molecular complexity index is 264. The van der Waals surface area contributed by atoms with E-state index in [-0.39, 0.29) is 10.8 Å². The molecule has 1 heteroatoms. The molecule has 1 aliphatic rings. The Morgan fingerprint density at radius 2 is 1.20 bits per heavy atom. The van der Waals surface area contributed by atoms with Crippen LogP contribution in [0.3, 0.4) is 0 Å². The average molecular weight is 208 g/mol. The fraction of sp³-hybridized carbons (Fsp3) is 0.714. The zero-order valence-corrected chi connectivity index (χ0v) is 11.1. The van der Waals surface area contributed by atoms with E-state index in [4.69, 9.17) is 4.74 Å². The minimum absolute atomic E-state index is 0.185. The van der Waals surface area contributed by atoms with E-state index in [1.165, 1.54) is 11.1 Å². The van der Waals surface area contributed by atoms with Gasteiger partial charge in [-0.2, -0.15) is 0 Å². The fourth-order valence-corrected chi connectivity index (χ4v) is 2.20. The molecule has 1 nitrogen and oxygen atoms in total. The van der Waals surface area contributed by atoms with Crippen LogP contribution >= 0.6 is 0 Å². The van der Waals surface area contributed by atoms with Gasteiger partial charge >= 0.3 is 0 Å². The van der Waals surface area contributed by atoms with Crippen molar-refractivity contribution in [3.8, 4) is 0 Å². The zero-order chi connectivity index (χ0) is 11.9. The van der Waals surface area contributed by atoms with Crippen LogP contribution in [0.25, 0.3) is 0 Å². The Hall–Kier alpha value is -0.720. The Morgan fingerprint density at radius 3 is 1.47 bits per heavy atom. The molecule has 1 rings (SSSR count). The molecule has 0 radical (unpaired) electrons. The lowest BCUT2D eigenvalue weighted by molar-refractivity contribution is 0.299. The molecular formula is C14H24O. The van der Waals surface area contributed by atoms with Gasteiger partial charge in [-0.05, 0) is 22.0 Å². The van der Waals surface area contributed by atoms with Gasteiger partial charge in [0.15, 0.2) is 0 Å². The summed E-state index contributed by atoms with van der Waals surface area (Å²) in [5.74, 6) is 0.485. The SMILES string of the molecule is CC1C(C(C)(C)C)=COC=C1C(C)(C)C. The van der Waals surface area contributed by atoms with Crippen molar-refractivity contribution < 1.29 is 4.74 Å². The van der Waals surface area contributed by atoms with Crippen molar-refractivity contribution >= 4 is 0 Å². The van der Waals surface area contributed by atoms with Crippen LogP contribution in [0.15, 0.2) is 23.7 Å². The first-order valence-corrected chi connectivity index (χ1v) is 5.70. The first-order chi connectivity index (χ1) is 6.64. The molecule has 0 saturated heterocycles. The second kappa shape index (κ2) is 3.70. The molecular weight excluding hydrogens is 184 g/mol. The summed E-state index contributed by atoms with van der Waals surface area (Å²) in [4.78, 5) is 0. The minimum atomic E-state index is 0.185. The summed E-state index contributed by atoms with van der Waals surface area (Å²) < 4.78 is 5.49. The van der Waals surface area contributed by atoms with Crippen LogP contribution in [0, 0.1) is 16.7 Å². The fourth-order valence-electron chi connectivity index (χ4n) is 2.20. The summed E-state index contributed by atoms with van der Waals surface area (Å²) in [5.41, 5.74) is 3.14. The summed E-state index contributed by atoms with van der Waals surface area (Å²) in [6, 6.07) is 0. The molecule has 0 atom stereocenters. The Morgan fingerprint density at radius 1 is 0.867 bits per heavy atom. The second-order valence-corrected chi connectivity index (χ2v) is 6.50. The van der Waals surface area contributed by atoms with Crippen LogP contribution in [0.2, 0.25) is 0 Å².